The fourth-order valence-corrected chi connectivity index (χ4v) is 1.85. The molecule has 1 aromatic heterocycles. The van der Waals surface area contributed by atoms with Crippen LogP contribution in [0, 0.1) is 0 Å². The van der Waals surface area contributed by atoms with Crippen LogP contribution < -0.4 is 11.3 Å². The van der Waals surface area contributed by atoms with Crippen molar-refractivity contribution in [3.05, 3.63) is 39.8 Å². The van der Waals surface area contributed by atoms with Gasteiger partial charge in [-0.25, -0.2) is 4.68 Å². The van der Waals surface area contributed by atoms with E-state index >= 15 is 0 Å². The zero-order chi connectivity index (χ0) is 11.7. The molecule has 4 nitrogen and oxygen atoms in total. The van der Waals surface area contributed by atoms with Gasteiger partial charge in [-0.2, -0.15) is 5.10 Å². The van der Waals surface area contributed by atoms with Gasteiger partial charge in [-0.15, -0.1) is 0 Å². The van der Waals surface area contributed by atoms with Gasteiger partial charge in [-0.1, -0.05) is 29.8 Å². The minimum atomic E-state index is -0.155. The average Bonchev–Trinajstić information content (AvgIpc) is 2.25. The summed E-state index contributed by atoms with van der Waals surface area (Å²) in [4.78, 5) is 12.0. The average molecular weight is 238 g/mol. The molecule has 1 unspecified atom stereocenters. The van der Waals surface area contributed by atoms with E-state index in [2.05, 4.69) is 5.10 Å². The Balaban J connectivity index is 2.71. The van der Waals surface area contributed by atoms with Crippen molar-refractivity contribution < 1.29 is 0 Å². The maximum absolute atomic E-state index is 12.0. The Morgan fingerprint density at radius 1 is 1.44 bits per heavy atom. The quantitative estimate of drug-likeness (QED) is 0.859. The van der Waals surface area contributed by atoms with Crippen LogP contribution in [-0.4, -0.2) is 15.8 Å². The number of fused-ring (bicyclic) bond motifs is 1. The normalized spacial score (nSPS) is 12.9. The van der Waals surface area contributed by atoms with Gasteiger partial charge in [0.1, 0.15) is 0 Å². The molecule has 1 aromatic carbocycles. The number of halogens is 1. The molecule has 1 heterocycles. The molecule has 16 heavy (non-hydrogen) atoms. The number of nitrogens with two attached hydrogens (primary N) is 1. The van der Waals surface area contributed by atoms with E-state index in [1.807, 2.05) is 13.0 Å². The first kappa shape index (κ1) is 11.1. The van der Waals surface area contributed by atoms with Gasteiger partial charge in [-0.05, 0) is 13.0 Å². The molecular weight excluding hydrogens is 226 g/mol. The van der Waals surface area contributed by atoms with Gasteiger partial charge in [0.2, 0.25) is 0 Å². The maximum Gasteiger partial charge on any atom is 0.274 e. The zero-order valence-corrected chi connectivity index (χ0v) is 9.61. The molecule has 2 aromatic rings. The Bertz CT molecular complexity index is 577. The Morgan fingerprint density at radius 3 is 2.69 bits per heavy atom. The molecule has 0 aliphatic carbocycles. The van der Waals surface area contributed by atoms with E-state index in [0.29, 0.717) is 22.5 Å². The molecule has 0 aliphatic rings. The molecule has 0 amide bonds. The lowest BCUT2D eigenvalue weighted by Gasteiger charge is -2.09. The fraction of sp³-hybridized carbons (Fsp3) is 0.273. The summed E-state index contributed by atoms with van der Waals surface area (Å²) in [6, 6.07) is 7.01. The summed E-state index contributed by atoms with van der Waals surface area (Å²) in [7, 11) is 0. The Hall–Kier alpha value is -1.39. The lowest BCUT2D eigenvalue weighted by atomic mass is 10.2. The van der Waals surface area contributed by atoms with Crippen molar-refractivity contribution in [2.75, 3.05) is 0 Å². The zero-order valence-electron chi connectivity index (χ0n) is 8.85. The lowest BCUT2D eigenvalue weighted by Crippen LogP contribution is -2.31. The molecule has 2 rings (SSSR count). The number of hydrogen-bond donors (Lipinski definition) is 1. The number of aromatic nitrogens is 2. The van der Waals surface area contributed by atoms with Crippen LogP contribution in [0.25, 0.3) is 10.8 Å². The van der Waals surface area contributed by atoms with Crippen LogP contribution in [0.2, 0.25) is 5.15 Å². The van der Waals surface area contributed by atoms with Gasteiger partial charge in [0.25, 0.3) is 5.56 Å². The molecule has 0 saturated heterocycles. The lowest BCUT2D eigenvalue weighted by molar-refractivity contribution is 0.518. The predicted octanol–water partition coefficient (Wildman–Crippen LogP) is 1.40. The molecule has 0 bridgehead atoms. The van der Waals surface area contributed by atoms with Crippen molar-refractivity contribution in [3.63, 3.8) is 0 Å². The minimum absolute atomic E-state index is 0.137. The fourth-order valence-electron chi connectivity index (χ4n) is 1.59. The first-order chi connectivity index (χ1) is 7.59. The van der Waals surface area contributed by atoms with E-state index in [0.717, 1.165) is 0 Å². The monoisotopic (exact) mass is 237 g/mol. The maximum atomic E-state index is 12.0. The van der Waals surface area contributed by atoms with Crippen molar-refractivity contribution >= 4 is 22.4 Å². The Labute approximate surface area is 97.6 Å². The first-order valence-corrected chi connectivity index (χ1v) is 5.38. The Kier molecular flexibility index (Phi) is 2.94. The summed E-state index contributed by atoms with van der Waals surface area (Å²) in [6.07, 6.45) is 0. The van der Waals surface area contributed by atoms with E-state index in [-0.39, 0.29) is 11.6 Å². The largest absolute Gasteiger partial charge is 0.326 e. The third-order valence-corrected chi connectivity index (χ3v) is 2.56. The highest BCUT2D eigenvalue weighted by Gasteiger charge is 2.09. The number of nitrogens with zero attached hydrogens (tertiary/aromatic N) is 2. The standard InChI is InChI=1S/C11H12ClN3O/c1-7(13)6-15-11(16)9-5-3-2-4-8(9)10(12)14-15/h2-5,7H,6,13H2,1H3. The summed E-state index contributed by atoms with van der Waals surface area (Å²) in [5.74, 6) is 0. The number of hydrogen-bond acceptors (Lipinski definition) is 3. The van der Waals surface area contributed by atoms with Gasteiger partial charge in [0.05, 0.1) is 11.9 Å². The third-order valence-electron chi connectivity index (χ3n) is 2.28. The highest BCUT2D eigenvalue weighted by atomic mass is 35.5. The summed E-state index contributed by atoms with van der Waals surface area (Å²) in [5, 5.41) is 5.61. The molecule has 0 spiro atoms. The van der Waals surface area contributed by atoms with Crippen molar-refractivity contribution in [3.8, 4) is 0 Å². The predicted molar refractivity (Wildman–Crippen MR) is 64.7 cm³/mol. The van der Waals surface area contributed by atoms with Crippen LogP contribution in [0.15, 0.2) is 29.1 Å². The molecule has 2 N–H and O–H groups in total. The molecule has 0 saturated carbocycles. The van der Waals surface area contributed by atoms with E-state index in [1.165, 1.54) is 4.68 Å². The summed E-state index contributed by atoms with van der Waals surface area (Å²) in [5.41, 5.74) is 5.49. The summed E-state index contributed by atoms with van der Waals surface area (Å²) < 4.78 is 1.31. The van der Waals surface area contributed by atoms with E-state index in [4.69, 9.17) is 17.3 Å². The van der Waals surface area contributed by atoms with Gasteiger partial charge in [-0.3, -0.25) is 4.79 Å². The van der Waals surface area contributed by atoms with Crippen molar-refractivity contribution in [2.45, 2.75) is 19.5 Å². The number of benzene rings is 1. The highest BCUT2D eigenvalue weighted by Crippen LogP contribution is 2.17. The smallest absolute Gasteiger partial charge is 0.274 e. The van der Waals surface area contributed by atoms with Crippen LogP contribution in [0.1, 0.15) is 6.92 Å². The van der Waals surface area contributed by atoms with Crippen LogP contribution in [0.3, 0.4) is 0 Å². The third kappa shape index (κ3) is 1.94. The Morgan fingerprint density at radius 2 is 2.06 bits per heavy atom. The van der Waals surface area contributed by atoms with Gasteiger partial charge < -0.3 is 5.73 Å². The molecule has 0 fully saturated rings. The minimum Gasteiger partial charge on any atom is -0.326 e. The van der Waals surface area contributed by atoms with Crippen molar-refractivity contribution in [1.82, 2.24) is 9.78 Å². The summed E-state index contributed by atoms with van der Waals surface area (Å²) >= 11 is 6.01. The van der Waals surface area contributed by atoms with Crippen LogP contribution in [0.5, 0.6) is 0 Å². The molecule has 5 heteroatoms. The SMILES string of the molecule is CC(N)Cn1nc(Cl)c2ccccc2c1=O. The molecule has 0 aliphatic heterocycles. The van der Waals surface area contributed by atoms with Crippen LogP contribution in [-0.2, 0) is 6.54 Å². The van der Waals surface area contributed by atoms with Gasteiger partial charge in [0, 0.05) is 11.4 Å². The van der Waals surface area contributed by atoms with Gasteiger partial charge >= 0.3 is 0 Å². The number of rotatable bonds is 2. The van der Waals surface area contributed by atoms with Crippen molar-refractivity contribution in [2.24, 2.45) is 5.73 Å². The second-order valence-corrected chi connectivity index (χ2v) is 4.16. The van der Waals surface area contributed by atoms with Crippen LogP contribution in [0.4, 0.5) is 0 Å². The van der Waals surface area contributed by atoms with E-state index < -0.39 is 0 Å². The van der Waals surface area contributed by atoms with E-state index in [1.54, 1.807) is 18.2 Å². The highest BCUT2D eigenvalue weighted by molar-refractivity contribution is 6.34. The molecular formula is C11H12ClN3O. The molecule has 1 atom stereocenters. The molecule has 0 radical (unpaired) electrons. The second-order valence-electron chi connectivity index (χ2n) is 3.80. The molecule has 84 valence electrons. The van der Waals surface area contributed by atoms with E-state index in [9.17, 15) is 4.79 Å². The first-order valence-electron chi connectivity index (χ1n) is 5.00. The second kappa shape index (κ2) is 4.23. The van der Waals surface area contributed by atoms with Crippen LogP contribution >= 0.6 is 11.6 Å². The van der Waals surface area contributed by atoms with Crippen molar-refractivity contribution in [1.29, 1.82) is 0 Å². The summed E-state index contributed by atoms with van der Waals surface area (Å²) in [6.45, 7) is 2.18. The topological polar surface area (TPSA) is 60.9 Å². The van der Waals surface area contributed by atoms with Gasteiger partial charge in [0.15, 0.2) is 5.15 Å².